The van der Waals surface area contributed by atoms with E-state index in [0.29, 0.717) is 0 Å². The van der Waals surface area contributed by atoms with Gasteiger partial charge in [0.15, 0.2) is 0 Å². The van der Waals surface area contributed by atoms with Gasteiger partial charge in [-0.2, -0.15) is 0 Å². The van der Waals surface area contributed by atoms with Gasteiger partial charge >= 0.3 is 0 Å². The van der Waals surface area contributed by atoms with E-state index >= 15 is 0 Å². The van der Waals surface area contributed by atoms with Crippen LogP contribution in [0.1, 0.15) is 0 Å². The van der Waals surface area contributed by atoms with Crippen LogP contribution in [0.4, 0.5) is 0 Å². The SMILES string of the molecule is c1cc2cccc3c2c(c1)c1cccc2cc4ooc4c3c21. The highest BCUT2D eigenvalue weighted by Crippen LogP contribution is 2.43. The first kappa shape index (κ1) is 10.7. The summed E-state index contributed by atoms with van der Waals surface area (Å²) in [7, 11) is 0. The molecule has 0 aliphatic rings. The molecule has 1 heterocycles. The fourth-order valence-electron chi connectivity index (χ4n) is 3.87. The second-order valence-corrected chi connectivity index (χ2v) is 5.86. The summed E-state index contributed by atoms with van der Waals surface area (Å²) in [6, 6.07) is 21.5. The van der Waals surface area contributed by atoms with Crippen molar-refractivity contribution >= 4 is 54.3 Å². The van der Waals surface area contributed by atoms with Gasteiger partial charge in [-0.05, 0) is 38.4 Å². The lowest BCUT2D eigenvalue weighted by atomic mass is 9.89. The highest BCUT2D eigenvalue weighted by Gasteiger charge is 2.19. The number of fused-ring (bicyclic) bond motifs is 4. The van der Waals surface area contributed by atoms with E-state index in [2.05, 4.69) is 60.7 Å². The van der Waals surface area contributed by atoms with E-state index in [1.807, 2.05) is 0 Å². The van der Waals surface area contributed by atoms with Crippen LogP contribution in [-0.4, -0.2) is 0 Å². The Kier molecular flexibility index (Phi) is 1.66. The van der Waals surface area contributed by atoms with Crippen LogP contribution in [0.2, 0.25) is 0 Å². The zero-order chi connectivity index (χ0) is 14.3. The maximum absolute atomic E-state index is 5.34. The Balaban J connectivity index is 2.16. The third-order valence-electron chi connectivity index (χ3n) is 4.76. The highest BCUT2D eigenvalue weighted by molar-refractivity contribution is 6.36. The van der Waals surface area contributed by atoms with Crippen LogP contribution in [-0.2, 0) is 0 Å². The molecule has 0 spiro atoms. The van der Waals surface area contributed by atoms with Crippen molar-refractivity contribution in [3.8, 4) is 0 Å². The van der Waals surface area contributed by atoms with E-state index in [4.69, 9.17) is 9.15 Å². The molecule has 5 aromatic carbocycles. The highest BCUT2D eigenvalue weighted by atomic mass is 17.0. The third kappa shape index (κ3) is 1.06. The normalized spacial score (nSPS) is 12.5. The fraction of sp³-hybridized carbons (Fsp3) is 0. The van der Waals surface area contributed by atoms with Crippen molar-refractivity contribution in [1.82, 2.24) is 0 Å². The van der Waals surface area contributed by atoms with Crippen LogP contribution in [0.25, 0.3) is 54.3 Å². The summed E-state index contributed by atoms with van der Waals surface area (Å²) < 4.78 is 10.5. The van der Waals surface area contributed by atoms with Crippen molar-refractivity contribution in [2.75, 3.05) is 0 Å². The second-order valence-electron chi connectivity index (χ2n) is 5.86. The molecule has 6 aromatic rings. The van der Waals surface area contributed by atoms with Gasteiger partial charge < -0.3 is 0 Å². The van der Waals surface area contributed by atoms with Crippen LogP contribution in [0.3, 0.4) is 0 Å². The molecule has 2 heteroatoms. The molecule has 0 N–H and O–H groups in total. The summed E-state index contributed by atoms with van der Waals surface area (Å²) in [4.78, 5) is 0. The Morgan fingerprint density at radius 1 is 0.545 bits per heavy atom. The van der Waals surface area contributed by atoms with Crippen LogP contribution < -0.4 is 0 Å². The molecule has 2 nitrogen and oxygen atoms in total. The van der Waals surface area contributed by atoms with E-state index in [0.717, 1.165) is 11.2 Å². The lowest BCUT2D eigenvalue weighted by Crippen LogP contribution is -1.89. The van der Waals surface area contributed by atoms with Gasteiger partial charge in [0.2, 0.25) is 11.2 Å². The van der Waals surface area contributed by atoms with E-state index in [1.165, 1.54) is 43.1 Å². The van der Waals surface area contributed by atoms with Crippen LogP contribution >= 0.6 is 0 Å². The predicted octanol–water partition coefficient (Wildman–Crippen LogP) is 6.08. The quantitative estimate of drug-likeness (QED) is 0.192. The zero-order valence-corrected chi connectivity index (χ0v) is 11.6. The van der Waals surface area contributed by atoms with Gasteiger partial charge in [-0.25, -0.2) is 0 Å². The summed E-state index contributed by atoms with van der Waals surface area (Å²) >= 11 is 0. The Morgan fingerprint density at radius 3 is 1.95 bits per heavy atom. The van der Waals surface area contributed by atoms with Crippen LogP contribution in [0.5, 0.6) is 0 Å². The first-order valence-corrected chi connectivity index (χ1v) is 7.38. The van der Waals surface area contributed by atoms with Crippen LogP contribution in [0.15, 0.2) is 69.8 Å². The molecule has 0 saturated carbocycles. The molecule has 0 aliphatic heterocycles. The van der Waals surface area contributed by atoms with Crippen molar-refractivity contribution in [3.63, 3.8) is 0 Å². The molecular weight excluding hydrogens is 272 g/mol. The summed E-state index contributed by atoms with van der Waals surface area (Å²) in [5.74, 6) is 0. The maximum Gasteiger partial charge on any atom is 0.234 e. The molecule has 1 aromatic heterocycles. The molecule has 0 saturated heterocycles. The van der Waals surface area contributed by atoms with Gasteiger partial charge in [-0.1, -0.05) is 54.6 Å². The van der Waals surface area contributed by atoms with Gasteiger partial charge in [-0.15, -0.1) is 0 Å². The summed E-state index contributed by atoms with van der Waals surface area (Å²) in [5.41, 5.74) is 1.69. The van der Waals surface area contributed by atoms with Gasteiger partial charge in [0, 0.05) is 10.8 Å². The smallest absolute Gasteiger partial charge is 0.234 e. The van der Waals surface area contributed by atoms with Gasteiger partial charge in [0.05, 0.1) is 0 Å². The lowest BCUT2D eigenvalue weighted by molar-refractivity contribution is 0.0605. The maximum atomic E-state index is 5.34. The Bertz CT molecular complexity index is 1310. The van der Waals surface area contributed by atoms with Gasteiger partial charge in [0.25, 0.3) is 0 Å². The first-order valence-electron chi connectivity index (χ1n) is 7.38. The van der Waals surface area contributed by atoms with E-state index < -0.39 is 0 Å². The largest absolute Gasteiger partial charge is 0.286 e. The average molecular weight is 282 g/mol. The van der Waals surface area contributed by atoms with Crippen molar-refractivity contribution < 1.29 is 9.15 Å². The molecule has 0 radical (unpaired) electrons. The van der Waals surface area contributed by atoms with Crippen LogP contribution in [0, 0.1) is 0 Å². The van der Waals surface area contributed by atoms with Gasteiger partial charge in [0.1, 0.15) is 0 Å². The van der Waals surface area contributed by atoms with Crippen molar-refractivity contribution in [3.05, 3.63) is 60.7 Å². The molecule has 0 atom stereocenters. The Labute approximate surface area is 124 Å². The molecular formula is C20H10O2. The minimum atomic E-state index is 0.830. The van der Waals surface area contributed by atoms with Crippen molar-refractivity contribution in [1.29, 1.82) is 0 Å². The van der Waals surface area contributed by atoms with Crippen molar-refractivity contribution in [2.24, 2.45) is 0 Å². The molecule has 0 unspecified atom stereocenters. The minimum Gasteiger partial charge on any atom is -0.286 e. The Morgan fingerprint density at radius 2 is 1.23 bits per heavy atom. The molecule has 102 valence electrons. The predicted molar refractivity (Wildman–Crippen MR) is 89.7 cm³/mol. The zero-order valence-electron chi connectivity index (χ0n) is 11.6. The second kappa shape index (κ2) is 3.42. The average Bonchev–Trinajstić information content (AvgIpc) is 2.54. The van der Waals surface area contributed by atoms with E-state index in [-0.39, 0.29) is 0 Å². The summed E-state index contributed by atoms with van der Waals surface area (Å²) in [6.07, 6.45) is 0. The number of benzene rings is 5. The molecule has 6 rings (SSSR count). The summed E-state index contributed by atoms with van der Waals surface area (Å²) in [6.45, 7) is 0. The first-order chi connectivity index (χ1) is 10.9. The van der Waals surface area contributed by atoms with Crippen molar-refractivity contribution in [2.45, 2.75) is 0 Å². The lowest BCUT2D eigenvalue weighted by Gasteiger charge is -2.15. The molecule has 0 aliphatic carbocycles. The van der Waals surface area contributed by atoms with E-state index in [1.54, 1.807) is 0 Å². The standard InChI is InChI=1S/C20H10O2/c1-4-11-5-2-9-15-17(11)13(7-1)14-8-3-6-12-10-16-20(22-21-16)19(15)18(12)14/h1-10H. The summed E-state index contributed by atoms with van der Waals surface area (Å²) in [5, 5.41) is 9.98. The monoisotopic (exact) mass is 282 g/mol. The molecule has 22 heavy (non-hydrogen) atoms. The number of hydrogen-bond donors (Lipinski definition) is 0. The molecule has 0 amide bonds. The number of rotatable bonds is 0. The van der Waals surface area contributed by atoms with E-state index in [9.17, 15) is 0 Å². The molecule has 0 bridgehead atoms. The minimum absolute atomic E-state index is 0.830. The molecule has 0 fully saturated rings. The fourth-order valence-corrected chi connectivity index (χ4v) is 3.87. The third-order valence-corrected chi connectivity index (χ3v) is 4.76. The Hall–Kier alpha value is -3.00. The number of hydrogen-bond acceptors (Lipinski definition) is 2. The topological polar surface area (TPSA) is 26.3 Å². The van der Waals surface area contributed by atoms with Gasteiger partial charge in [-0.3, -0.25) is 9.15 Å².